The van der Waals surface area contributed by atoms with E-state index in [1.54, 1.807) is 22.2 Å². The van der Waals surface area contributed by atoms with E-state index in [-0.39, 0.29) is 0 Å². The number of fused-ring (bicyclic) bond motifs is 5. The Morgan fingerprint density at radius 2 is 2.10 bits per heavy atom. The summed E-state index contributed by atoms with van der Waals surface area (Å²) in [7, 11) is 2.16. The molecule has 0 spiro atoms. The molecule has 0 amide bonds. The van der Waals surface area contributed by atoms with Crippen molar-refractivity contribution in [2.24, 2.45) is 0 Å². The zero-order chi connectivity index (χ0) is 20.4. The normalized spacial score (nSPS) is 14.8. The Morgan fingerprint density at radius 3 is 2.93 bits per heavy atom. The average Bonchev–Trinajstić information content (AvgIpc) is 3.46. The van der Waals surface area contributed by atoms with Crippen LogP contribution in [-0.2, 0) is 19.5 Å². The third-order valence-corrected chi connectivity index (χ3v) is 6.78. The number of nitrogens with zero attached hydrogens (tertiary/aromatic N) is 7. The zero-order valence-corrected chi connectivity index (χ0v) is 17.9. The minimum Gasteiger partial charge on any atom is -0.456 e. The minimum atomic E-state index is 0.580. The second-order valence-corrected chi connectivity index (χ2v) is 9.05. The van der Waals surface area contributed by atoms with E-state index >= 15 is 0 Å². The first-order chi connectivity index (χ1) is 14.5. The van der Waals surface area contributed by atoms with Crippen molar-refractivity contribution in [1.82, 2.24) is 34.3 Å². The molecule has 6 heterocycles. The predicted molar refractivity (Wildman–Crippen MR) is 115 cm³/mol. The van der Waals surface area contributed by atoms with Crippen LogP contribution in [0.3, 0.4) is 0 Å². The molecule has 0 aliphatic carbocycles. The van der Waals surface area contributed by atoms with E-state index in [1.807, 2.05) is 30.7 Å². The Labute approximate surface area is 176 Å². The molecule has 0 unspecified atom stereocenters. The molecule has 0 saturated carbocycles. The molecule has 9 heteroatoms. The van der Waals surface area contributed by atoms with E-state index in [1.165, 1.54) is 10.4 Å². The van der Waals surface area contributed by atoms with Gasteiger partial charge in [0, 0.05) is 23.7 Å². The summed E-state index contributed by atoms with van der Waals surface area (Å²) >= 11 is 1.77. The third-order valence-electron chi connectivity index (χ3n) is 5.66. The Bertz CT molecular complexity index is 1410. The average molecular weight is 420 g/mol. The van der Waals surface area contributed by atoms with Gasteiger partial charge >= 0.3 is 0 Å². The van der Waals surface area contributed by atoms with Crippen LogP contribution in [0.2, 0.25) is 0 Å². The molecule has 152 valence electrons. The van der Waals surface area contributed by atoms with Crippen molar-refractivity contribution in [3.8, 4) is 11.6 Å². The molecule has 1 aliphatic heterocycles. The number of hydrogen-bond donors (Lipinski definition) is 0. The Balaban J connectivity index is 1.40. The van der Waals surface area contributed by atoms with Gasteiger partial charge in [-0.05, 0) is 51.1 Å². The maximum absolute atomic E-state index is 6.06. The highest BCUT2D eigenvalue weighted by molar-refractivity contribution is 7.19. The van der Waals surface area contributed by atoms with Crippen molar-refractivity contribution in [1.29, 1.82) is 0 Å². The lowest BCUT2D eigenvalue weighted by molar-refractivity contribution is 0.318. The van der Waals surface area contributed by atoms with E-state index in [0.717, 1.165) is 52.5 Å². The maximum Gasteiger partial charge on any atom is 0.217 e. The van der Waals surface area contributed by atoms with Crippen LogP contribution in [0.5, 0.6) is 0 Å². The second kappa shape index (κ2) is 6.48. The summed E-state index contributed by atoms with van der Waals surface area (Å²) < 4.78 is 9.78. The summed E-state index contributed by atoms with van der Waals surface area (Å²) in [6, 6.07) is 5.96. The molecule has 0 atom stereocenters. The Kier molecular flexibility index (Phi) is 3.84. The SMILES string of the molecule is Cc1cc(C)n(Cc2ccc(-c3nc4c5c6c(sc5ncn4n3)CN(C)CC6)o2)n1. The maximum atomic E-state index is 6.06. The van der Waals surface area contributed by atoms with Crippen molar-refractivity contribution in [3.63, 3.8) is 0 Å². The summed E-state index contributed by atoms with van der Waals surface area (Å²) in [5.41, 5.74) is 4.34. The van der Waals surface area contributed by atoms with Crippen LogP contribution >= 0.6 is 11.3 Å². The largest absolute Gasteiger partial charge is 0.456 e. The van der Waals surface area contributed by atoms with Crippen molar-refractivity contribution < 1.29 is 4.42 Å². The van der Waals surface area contributed by atoms with Gasteiger partial charge in [-0.1, -0.05) is 0 Å². The monoisotopic (exact) mass is 419 g/mol. The van der Waals surface area contributed by atoms with Gasteiger partial charge in [0.05, 0.1) is 17.6 Å². The van der Waals surface area contributed by atoms with Gasteiger partial charge in [-0.3, -0.25) is 4.68 Å². The highest BCUT2D eigenvalue weighted by atomic mass is 32.1. The molecule has 5 aromatic heterocycles. The molecule has 0 bridgehead atoms. The number of thiophene rings is 1. The van der Waals surface area contributed by atoms with E-state index in [4.69, 9.17) is 9.40 Å². The topological polar surface area (TPSA) is 77.3 Å². The Hall–Kier alpha value is -3.04. The second-order valence-electron chi connectivity index (χ2n) is 7.97. The Morgan fingerprint density at radius 1 is 1.20 bits per heavy atom. The summed E-state index contributed by atoms with van der Waals surface area (Å²) in [4.78, 5) is 14.2. The number of hydrogen-bond acceptors (Lipinski definition) is 7. The van der Waals surface area contributed by atoms with Gasteiger partial charge in [0.2, 0.25) is 5.82 Å². The van der Waals surface area contributed by atoms with E-state index in [2.05, 4.69) is 33.2 Å². The van der Waals surface area contributed by atoms with Crippen molar-refractivity contribution in [3.05, 3.63) is 52.1 Å². The fourth-order valence-electron chi connectivity index (χ4n) is 4.19. The van der Waals surface area contributed by atoms with E-state index in [0.29, 0.717) is 18.1 Å². The number of aryl methyl sites for hydroxylation is 2. The van der Waals surface area contributed by atoms with Crippen LogP contribution < -0.4 is 0 Å². The van der Waals surface area contributed by atoms with Gasteiger partial charge in [0.15, 0.2) is 11.4 Å². The number of aromatic nitrogens is 6. The third kappa shape index (κ3) is 2.77. The van der Waals surface area contributed by atoms with Crippen LogP contribution in [0.1, 0.15) is 27.6 Å². The molecule has 0 aromatic carbocycles. The molecule has 8 nitrogen and oxygen atoms in total. The molecule has 30 heavy (non-hydrogen) atoms. The van der Waals surface area contributed by atoms with Crippen LogP contribution in [0, 0.1) is 13.8 Å². The van der Waals surface area contributed by atoms with Crippen LogP contribution in [0.25, 0.3) is 27.4 Å². The van der Waals surface area contributed by atoms with Crippen LogP contribution in [0.15, 0.2) is 28.9 Å². The lowest BCUT2D eigenvalue weighted by Crippen LogP contribution is -2.25. The molecule has 0 N–H and O–H groups in total. The summed E-state index contributed by atoms with van der Waals surface area (Å²) in [5.74, 6) is 2.07. The highest BCUT2D eigenvalue weighted by Gasteiger charge is 2.23. The molecule has 1 aliphatic rings. The first-order valence-corrected chi connectivity index (χ1v) is 10.8. The van der Waals surface area contributed by atoms with Crippen LogP contribution in [-0.4, -0.2) is 47.9 Å². The van der Waals surface area contributed by atoms with E-state index in [9.17, 15) is 0 Å². The van der Waals surface area contributed by atoms with Gasteiger partial charge in [0.25, 0.3) is 0 Å². The molecular weight excluding hydrogens is 398 g/mol. The lowest BCUT2D eigenvalue weighted by Gasteiger charge is -2.21. The number of furan rings is 1. The summed E-state index contributed by atoms with van der Waals surface area (Å²) in [6.07, 6.45) is 2.77. The first-order valence-electron chi connectivity index (χ1n) is 9.99. The minimum absolute atomic E-state index is 0.580. The molecule has 0 radical (unpaired) electrons. The quantitative estimate of drug-likeness (QED) is 0.446. The molecular formula is C21H21N7OS. The molecule has 6 rings (SSSR count). The zero-order valence-electron chi connectivity index (χ0n) is 17.1. The predicted octanol–water partition coefficient (Wildman–Crippen LogP) is 3.45. The van der Waals surface area contributed by atoms with Gasteiger partial charge < -0.3 is 9.32 Å². The summed E-state index contributed by atoms with van der Waals surface area (Å²) in [6.45, 7) is 6.65. The van der Waals surface area contributed by atoms with E-state index < -0.39 is 0 Å². The van der Waals surface area contributed by atoms with Gasteiger partial charge in [-0.25, -0.2) is 14.5 Å². The number of rotatable bonds is 3. The van der Waals surface area contributed by atoms with Gasteiger partial charge in [-0.15, -0.1) is 16.4 Å². The van der Waals surface area contributed by atoms with Crippen LogP contribution in [0.4, 0.5) is 0 Å². The van der Waals surface area contributed by atoms with Crippen molar-refractivity contribution >= 4 is 27.2 Å². The van der Waals surface area contributed by atoms with Crippen molar-refractivity contribution in [2.45, 2.75) is 33.4 Å². The van der Waals surface area contributed by atoms with Gasteiger partial charge in [-0.2, -0.15) is 5.10 Å². The molecule has 0 fully saturated rings. The number of likely N-dealkylation sites (N-methyl/N-ethyl adjacent to an activating group) is 1. The first kappa shape index (κ1) is 17.8. The molecule has 0 saturated heterocycles. The molecule has 5 aromatic rings. The standard InChI is InChI=1S/C21H21N7OS/c1-12-8-13(2)27(24-12)9-14-4-5-16(29-14)19-23-20-18-15-6-7-26(3)10-17(15)30-21(18)22-11-28(20)25-19/h4-5,8,11H,6-7,9-10H2,1-3H3. The smallest absolute Gasteiger partial charge is 0.217 e. The summed E-state index contributed by atoms with van der Waals surface area (Å²) in [5, 5.41) is 10.3. The lowest BCUT2D eigenvalue weighted by atomic mass is 10.1. The fourth-order valence-corrected chi connectivity index (χ4v) is 5.45. The highest BCUT2D eigenvalue weighted by Crippen LogP contribution is 2.36. The fraction of sp³-hybridized carbons (Fsp3) is 0.333. The van der Waals surface area contributed by atoms with Gasteiger partial charge in [0.1, 0.15) is 16.9 Å². The van der Waals surface area contributed by atoms with Crippen molar-refractivity contribution in [2.75, 3.05) is 13.6 Å².